The van der Waals surface area contributed by atoms with Crippen molar-refractivity contribution >= 4 is 23.0 Å². The van der Waals surface area contributed by atoms with Gasteiger partial charge in [0, 0.05) is 6.54 Å². The van der Waals surface area contributed by atoms with Gasteiger partial charge in [-0.05, 0) is 25.3 Å². The monoisotopic (exact) mass is 252 g/mol. The summed E-state index contributed by atoms with van der Waals surface area (Å²) >= 11 is 5.01. The van der Waals surface area contributed by atoms with Crippen LogP contribution in [0.15, 0.2) is 12.3 Å². The highest BCUT2D eigenvalue weighted by Gasteiger charge is 2.25. The molecule has 92 valence electrons. The molecule has 0 aromatic carbocycles. The third-order valence-electron chi connectivity index (χ3n) is 3.08. The van der Waals surface area contributed by atoms with Crippen LogP contribution >= 0.6 is 12.2 Å². The number of rotatable bonds is 3. The molecular formula is C11H16N4OS. The standard InChI is InChI=1S/C11H16N4OS/c12-10(17)9-4-5-13-14-11(9)15-6-2-1-3-8(15)7-16/h4-5,8,16H,1-3,6-7H2,(H2,12,17). The molecule has 0 aliphatic carbocycles. The number of aliphatic hydroxyl groups excluding tert-OH is 1. The van der Waals surface area contributed by atoms with E-state index in [1.807, 2.05) is 0 Å². The first-order valence-electron chi connectivity index (χ1n) is 5.73. The van der Waals surface area contributed by atoms with Crippen molar-refractivity contribution in [3.05, 3.63) is 17.8 Å². The van der Waals surface area contributed by atoms with Gasteiger partial charge in [-0.15, -0.1) is 5.10 Å². The number of hydrogen-bond acceptors (Lipinski definition) is 5. The van der Waals surface area contributed by atoms with Crippen molar-refractivity contribution in [2.45, 2.75) is 25.3 Å². The zero-order chi connectivity index (χ0) is 12.3. The van der Waals surface area contributed by atoms with Crippen LogP contribution in [0.1, 0.15) is 24.8 Å². The minimum absolute atomic E-state index is 0.0912. The van der Waals surface area contributed by atoms with Crippen LogP contribution in [0.5, 0.6) is 0 Å². The van der Waals surface area contributed by atoms with Gasteiger partial charge in [-0.3, -0.25) is 0 Å². The molecule has 1 aromatic heterocycles. The number of piperidine rings is 1. The van der Waals surface area contributed by atoms with Gasteiger partial charge in [0.1, 0.15) is 4.99 Å². The average Bonchev–Trinajstić information content (AvgIpc) is 2.38. The first kappa shape index (κ1) is 12.2. The summed E-state index contributed by atoms with van der Waals surface area (Å²) < 4.78 is 0. The summed E-state index contributed by atoms with van der Waals surface area (Å²) in [5.74, 6) is 0.693. The fourth-order valence-electron chi connectivity index (χ4n) is 2.20. The highest BCUT2D eigenvalue weighted by Crippen LogP contribution is 2.25. The van der Waals surface area contributed by atoms with E-state index < -0.39 is 0 Å². The van der Waals surface area contributed by atoms with Gasteiger partial charge in [-0.1, -0.05) is 12.2 Å². The van der Waals surface area contributed by atoms with E-state index >= 15 is 0 Å². The number of nitrogens with zero attached hydrogens (tertiary/aromatic N) is 3. The molecule has 6 heteroatoms. The zero-order valence-corrected chi connectivity index (χ0v) is 10.4. The lowest BCUT2D eigenvalue weighted by molar-refractivity contribution is 0.239. The lowest BCUT2D eigenvalue weighted by atomic mass is 10.0. The number of aromatic nitrogens is 2. The van der Waals surface area contributed by atoms with Crippen LogP contribution in [0.2, 0.25) is 0 Å². The Morgan fingerprint density at radius 2 is 2.41 bits per heavy atom. The topological polar surface area (TPSA) is 75.3 Å². The Kier molecular flexibility index (Phi) is 3.86. The Morgan fingerprint density at radius 3 is 3.12 bits per heavy atom. The molecule has 0 spiro atoms. The molecule has 1 fully saturated rings. The summed E-state index contributed by atoms with van der Waals surface area (Å²) in [4.78, 5) is 2.38. The van der Waals surface area contributed by atoms with Crippen LogP contribution < -0.4 is 10.6 Å². The Balaban J connectivity index is 2.34. The molecule has 1 unspecified atom stereocenters. The van der Waals surface area contributed by atoms with Crippen molar-refractivity contribution < 1.29 is 5.11 Å². The molecule has 0 bridgehead atoms. The predicted octanol–water partition coefficient (Wildman–Crippen LogP) is 0.462. The molecule has 1 saturated heterocycles. The van der Waals surface area contributed by atoms with Crippen molar-refractivity contribution in [3.8, 4) is 0 Å². The van der Waals surface area contributed by atoms with Crippen molar-refractivity contribution in [2.75, 3.05) is 18.1 Å². The number of anilines is 1. The molecule has 0 saturated carbocycles. The van der Waals surface area contributed by atoms with E-state index in [4.69, 9.17) is 18.0 Å². The quantitative estimate of drug-likeness (QED) is 0.761. The van der Waals surface area contributed by atoms with E-state index in [-0.39, 0.29) is 12.6 Å². The van der Waals surface area contributed by atoms with Gasteiger partial charge < -0.3 is 15.7 Å². The lowest BCUT2D eigenvalue weighted by Gasteiger charge is -2.36. The van der Waals surface area contributed by atoms with E-state index in [0.717, 1.165) is 31.4 Å². The molecule has 0 radical (unpaired) electrons. The maximum Gasteiger partial charge on any atom is 0.161 e. The normalized spacial score (nSPS) is 20.3. The van der Waals surface area contributed by atoms with Gasteiger partial charge >= 0.3 is 0 Å². The van der Waals surface area contributed by atoms with Gasteiger partial charge in [0.2, 0.25) is 0 Å². The molecule has 2 heterocycles. The largest absolute Gasteiger partial charge is 0.394 e. The van der Waals surface area contributed by atoms with E-state index in [2.05, 4.69) is 15.1 Å². The van der Waals surface area contributed by atoms with Crippen molar-refractivity contribution in [1.29, 1.82) is 0 Å². The van der Waals surface area contributed by atoms with Crippen molar-refractivity contribution in [1.82, 2.24) is 10.2 Å². The summed E-state index contributed by atoms with van der Waals surface area (Å²) in [6.07, 6.45) is 4.76. The number of aliphatic hydroxyl groups is 1. The fourth-order valence-corrected chi connectivity index (χ4v) is 2.36. The molecular weight excluding hydrogens is 236 g/mol. The molecule has 1 aliphatic heterocycles. The third-order valence-corrected chi connectivity index (χ3v) is 3.30. The Labute approximate surface area is 106 Å². The van der Waals surface area contributed by atoms with Gasteiger partial charge in [0.15, 0.2) is 5.82 Å². The Bertz CT molecular complexity index is 412. The van der Waals surface area contributed by atoms with Crippen LogP contribution in [0.4, 0.5) is 5.82 Å². The Hall–Kier alpha value is -1.27. The first-order valence-corrected chi connectivity index (χ1v) is 6.14. The third kappa shape index (κ3) is 2.53. The molecule has 1 atom stereocenters. The molecule has 2 rings (SSSR count). The second-order valence-corrected chi connectivity index (χ2v) is 4.60. The number of nitrogens with two attached hydrogens (primary N) is 1. The lowest BCUT2D eigenvalue weighted by Crippen LogP contribution is -2.43. The minimum atomic E-state index is 0.0912. The highest BCUT2D eigenvalue weighted by atomic mass is 32.1. The van der Waals surface area contributed by atoms with E-state index in [1.165, 1.54) is 0 Å². The summed E-state index contributed by atoms with van der Waals surface area (Å²) in [5, 5.41) is 17.4. The summed E-state index contributed by atoms with van der Waals surface area (Å²) in [6.45, 7) is 0.979. The minimum Gasteiger partial charge on any atom is -0.394 e. The predicted molar refractivity (Wildman–Crippen MR) is 70.0 cm³/mol. The SMILES string of the molecule is NC(=S)c1ccnnc1N1CCCCC1CO. The van der Waals surface area contributed by atoms with Crippen molar-refractivity contribution in [2.24, 2.45) is 5.73 Å². The summed E-state index contributed by atoms with van der Waals surface area (Å²) in [5.41, 5.74) is 6.41. The van der Waals surface area contributed by atoms with E-state index in [9.17, 15) is 5.11 Å². The zero-order valence-electron chi connectivity index (χ0n) is 9.54. The van der Waals surface area contributed by atoms with Crippen LogP contribution in [-0.2, 0) is 0 Å². The Morgan fingerprint density at radius 1 is 1.59 bits per heavy atom. The smallest absolute Gasteiger partial charge is 0.161 e. The maximum atomic E-state index is 9.40. The van der Waals surface area contributed by atoms with Crippen molar-refractivity contribution in [3.63, 3.8) is 0 Å². The molecule has 3 N–H and O–H groups in total. The molecule has 5 nitrogen and oxygen atoms in total. The van der Waals surface area contributed by atoms with Gasteiger partial charge in [-0.2, -0.15) is 5.10 Å². The van der Waals surface area contributed by atoms with Gasteiger partial charge in [0.05, 0.1) is 24.4 Å². The molecule has 1 aromatic rings. The summed E-state index contributed by atoms with van der Waals surface area (Å²) in [7, 11) is 0. The van der Waals surface area contributed by atoms with Crippen LogP contribution in [0, 0.1) is 0 Å². The summed E-state index contributed by atoms with van der Waals surface area (Å²) in [6, 6.07) is 1.86. The molecule has 0 amide bonds. The highest BCUT2D eigenvalue weighted by molar-refractivity contribution is 7.80. The maximum absolute atomic E-state index is 9.40. The van der Waals surface area contributed by atoms with E-state index in [1.54, 1.807) is 12.3 Å². The second kappa shape index (κ2) is 5.37. The van der Waals surface area contributed by atoms with Crippen LogP contribution in [0.25, 0.3) is 0 Å². The van der Waals surface area contributed by atoms with Crippen LogP contribution in [-0.4, -0.2) is 39.5 Å². The molecule has 17 heavy (non-hydrogen) atoms. The number of hydrogen-bond donors (Lipinski definition) is 2. The molecule has 1 aliphatic rings. The van der Waals surface area contributed by atoms with Crippen LogP contribution in [0.3, 0.4) is 0 Å². The van der Waals surface area contributed by atoms with Gasteiger partial charge in [0.25, 0.3) is 0 Å². The van der Waals surface area contributed by atoms with Gasteiger partial charge in [-0.25, -0.2) is 0 Å². The second-order valence-electron chi connectivity index (χ2n) is 4.16. The number of thiocarbonyl (C=S) groups is 1. The first-order chi connectivity index (χ1) is 8.24. The fraction of sp³-hybridized carbons (Fsp3) is 0.545. The average molecular weight is 252 g/mol. The van der Waals surface area contributed by atoms with E-state index in [0.29, 0.717) is 10.8 Å².